The van der Waals surface area contributed by atoms with Crippen LogP contribution >= 0.6 is 11.6 Å². The SMILES string of the molecule is CCc1cc(=O)[nH]c(-n2nc(C)cc2NC(=O)Nc2ccc(Cl)cc2)n1. The Hall–Kier alpha value is -3.13. The Balaban J connectivity index is 1.85. The first-order valence-electron chi connectivity index (χ1n) is 7.95. The number of urea groups is 1. The first-order valence-corrected chi connectivity index (χ1v) is 8.33. The number of amides is 2. The monoisotopic (exact) mass is 372 g/mol. The third kappa shape index (κ3) is 4.09. The summed E-state index contributed by atoms with van der Waals surface area (Å²) in [6.45, 7) is 3.68. The molecule has 0 saturated heterocycles. The molecule has 0 saturated carbocycles. The molecule has 2 heterocycles. The highest BCUT2D eigenvalue weighted by Gasteiger charge is 2.13. The lowest BCUT2D eigenvalue weighted by atomic mass is 10.3. The molecule has 0 fully saturated rings. The molecule has 3 rings (SSSR count). The molecule has 2 amide bonds. The molecule has 26 heavy (non-hydrogen) atoms. The summed E-state index contributed by atoms with van der Waals surface area (Å²) in [6, 6.07) is 9.39. The van der Waals surface area contributed by atoms with Crippen LogP contribution in [-0.4, -0.2) is 25.8 Å². The maximum atomic E-state index is 12.3. The van der Waals surface area contributed by atoms with Gasteiger partial charge in [-0.05, 0) is 37.6 Å². The molecule has 0 aliphatic carbocycles. The van der Waals surface area contributed by atoms with Gasteiger partial charge in [-0.3, -0.25) is 15.1 Å². The highest BCUT2D eigenvalue weighted by Crippen LogP contribution is 2.16. The second-order valence-corrected chi connectivity index (χ2v) is 6.02. The van der Waals surface area contributed by atoms with Crippen LogP contribution in [0.1, 0.15) is 18.3 Å². The van der Waals surface area contributed by atoms with Crippen molar-refractivity contribution in [1.29, 1.82) is 0 Å². The van der Waals surface area contributed by atoms with Crippen molar-refractivity contribution >= 4 is 29.1 Å². The molecule has 1 aromatic carbocycles. The van der Waals surface area contributed by atoms with Crippen LogP contribution in [0.4, 0.5) is 16.3 Å². The second kappa shape index (κ2) is 7.40. The number of hydrogen-bond acceptors (Lipinski definition) is 4. The van der Waals surface area contributed by atoms with Gasteiger partial charge in [0.1, 0.15) is 5.82 Å². The third-order valence-corrected chi connectivity index (χ3v) is 3.77. The van der Waals surface area contributed by atoms with E-state index in [1.165, 1.54) is 10.7 Å². The molecule has 0 spiro atoms. The zero-order chi connectivity index (χ0) is 18.7. The lowest BCUT2D eigenvalue weighted by molar-refractivity contribution is 0.262. The number of nitrogens with one attached hydrogen (secondary N) is 3. The van der Waals surface area contributed by atoms with Gasteiger partial charge < -0.3 is 5.32 Å². The van der Waals surface area contributed by atoms with Gasteiger partial charge in [0.05, 0.1) is 5.69 Å². The van der Waals surface area contributed by atoms with Gasteiger partial charge in [0.2, 0.25) is 5.95 Å². The van der Waals surface area contributed by atoms with Crippen molar-refractivity contribution in [2.75, 3.05) is 10.6 Å². The Labute approximate surface area is 154 Å². The van der Waals surface area contributed by atoms with Gasteiger partial charge in [0.15, 0.2) is 0 Å². The number of halogens is 1. The highest BCUT2D eigenvalue weighted by atomic mass is 35.5. The predicted molar refractivity (Wildman–Crippen MR) is 100 cm³/mol. The van der Waals surface area contributed by atoms with Crippen molar-refractivity contribution in [3.8, 4) is 5.95 Å². The van der Waals surface area contributed by atoms with Crippen molar-refractivity contribution < 1.29 is 4.79 Å². The first kappa shape index (κ1) is 17.7. The van der Waals surface area contributed by atoms with Crippen LogP contribution in [-0.2, 0) is 6.42 Å². The normalized spacial score (nSPS) is 10.6. The maximum Gasteiger partial charge on any atom is 0.324 e. The summed E-state index contributed by atoms with van der Waals surface area (Å²) < 4.78 is 1.39. The molecule has 0 aliphatic rings. The Morgan fingerprint density at radius 3 is 2.65 bits per heavy atom. The molecule has 134 valence electrons. The molecule has 0 aliphatic heterocycles. The third-order valence-electron chi connectivity index (χ3n) is 3.52. The summed E-state index contributed by atoms with van der Waals surface area (Å²) >= 11 is 5.83. The van der Waals surface area contributed by atoms with Gasteiger partial charge in [-0.15, -0.1) is 0 Å². The van der Waals surface area contributed by atoms with E-state index in [0.717, 1.165) is 0 Å². The van der Waals surface area contributed by atoms with Gasteiger partial charge in [-0.2, -0.15) is 9.78 Å². The highest BCUT2D eigenvalue weighted by molar-refractivity contribution is 6.30. The Bertz CT molecular complexity index is 993. The molecule has 0 unspecified atom stereocenters. The van der Waals surface area contributed by atoms with Crippen LogP contribution in [0.2, 0.25) is 5.02 Å². The van der Waals surface area contributed by atoms with E-state index in [9.17, 15) is 9.59 Å². The number of hydrogen-bond donors (Lipinski definition) is 3. The molecule has 0 bridgehead atoms. The van der Waals surface area contributed by atoms with E-state index in [4.69, 9.17) is 11.6 Å². The molecular formula is C17H17ClN6O2. The fourth-order valence-corrected chi connectivity index (χ4v) is 2.46. The molecule has 0 atom stereocenters. The molecule has 9 heteroatoms. The van der Waals surface area contributed by atoms with Crippen molar-refractivity contribution in [1.82, 2.24) is 19.7 Å². The number of H-pyrrole nitrogens is 1. The minimum atomic E-state index is -0.456. The van der Waals surface area contributed by atoms with Crippen molar-refractivity contribution in [2.24, 2.45) is 0 Å². The summed E-state index contributed by atoms with van der Waals surface area (Å²) in [5, 5.41) is 10.3. The second-order valence-electron chi connectivity index (χ2n) is 5.58. The van der Waals surface area contributed by atoms with Crippen LogP contribution in [0.3, 0.4) is 0 Å². The smallest absolute Gasteiger partial charge is 0.308 e. The van der Waals surface area contributed by atoms with Crippen LogP contribution in [0.15, 0.2) is 41.2 Å². The van der Waals surface area contributed by atoms with Gasteiger partial charge in [0.25, 0.3) is 5.56 Å². The van der Waals surface area contributed by atoms with Crippen LogP contribution in [0.5, 0.6) is 0 Å². The van der Waals surface area contributed by atoms with E-state index in [2.05, 4.69) is 25.7 Å². The molecule has 8 nitrogen and oxygen atoms in total. The number of nitrogens with zero attached hydrogens (tertiary/aromatic N) is 3. The van der Waals surface area contributed by atoms with E-state index in [-0.39, 0.29) is 11.5 Å². The van der Waals surface area contributed by atoms with Crippen LogP contribution in [0.25, 0.3) is 5.95 Å². The fraction of sp³-hybridized carbons (Fsp3) is 0.176. The van der Waals surface area contributed by atoms with Gasteiger partial charge in [-0.1, -0.05) is 18.5 Å². The average molecular weight is 373 g/mol. The van der Waals surface area contributed by atoms with Crippen LogP contribution < -0.4 is 16.2 Å². The van der Waals surface area contributed by atoms with Crippen LogP contribution in [0, 0.1) is 6.92 Å². The number of aromatic nitrogens is 4. The van der Waals surface area contributed by atoms with E-state index in [0.29, 0.717) is 34.3 Å². The van der Waals surface area contributed by atoms with E-state index in [1.807, 2.05) is 6.92 Å². The van der Waals surface area contributed by atoms with E-state index >= 15 is 0 Å². The van der Waals surface area contributed by atoms with Gasteiger partial charge >= 0.3 is 6.03 Å². The minimum Gasteiger partial charge on any atom is -0.308 e. The Morgan fingerprint density at radius 2 is 1.96 bits per heavy atom. The first-order chi connectivity index (χ1) is 12.4. The number of anilines is 2. The minimum absolute atomic E-state index is 0.240. The molecule has 3 aromatic rings. The van der Waals surface area contributed by atoms with Crippen molar-refractivity contribution in [3.63, 3.8) is 0 Å². The number of benzene rings is 1. The molecule has 2 aromatic heterocycles. The largest absolute Gasteiger partial charge is 0.324 e. The van der Waals surface area contributed by atoms with Crippen molar-refractivity contribution in [3.05, 3.63) is 63.2 Å². The number of carbonyl (C=O) groups is 1. The van der Waals surface area contributed by atoms with Gasteiger partial charge in [0, 0.05) is 28.5 Å². The lowest BCUT2D eigenvalue weighted by Crippen LogP contribution is -2.22. The summed E-state index contributed by atoms with van der Waals surface area (Å²) in [4.78, 5) is 31.1. The zero-order valence-corrected chi connectivity index (χ0v) is 15.0. The quantitative estimate of drug-likeness (QED) is 0.654. The maximum absolute atomic E-state index is 12.3. The fourth-order valence-electron chi connectivity index (χ4n) is 2.34. The Morgan fingerprint density at radius 1 is 1.23 bits per heavy atom. The number of rotatable bonds is 4. The summed E-state index contributed by atoms with van der Waals surface area (Å²) in [7, 11) is 0. The summed E-state index contributed by atoms with van der Waals surface area (Å²) in [5.74, 6) is 0.620. The molecule has 0 radical (unpaired) electrons. The summed E-state index contributed by atoms with van der Waals surface area (Å²) in [5.41, 5.74) is 1.61. The zero-order valence-electron chi connectivity index (χ0n) is 14.2. The lowest BCUT2D eigenvalue weighted by Gasteiger charge is -2.10. The topological polar surface area (TPSA) is 105 Å². The molecular weight excluding hydrogens is 356 g/mol. The summed E-state index contributed by atoms with van der Waals surface area (Å²) in [6.07, 6.45) is 0.608. The van der Waals surface area contributed by atoms with Crippen molar-refractivity contribution in [2.45, 2.75) is 20.3 Å². The van der Waals surface area contributed by atoms with E-state index < -0.39 is 6.03 Å². The number of carbonyl (C=O) groups excluding carboxylic acids is 1. The van der Waals surface area contributed by atoms with Gasteiger partial charge in [-0.25, -0.2) is 9.78 Å². The number of aromatic amines is 1. The Kier molecular flexibility index (Phi) is 5.04. The van der Waals surface area contributed by atoms with E-state index in [1.54, 1.807) is 37.3 Å². The number of aryl methyl sites for hydroxylation is 2. The predicted octanol–water partition coefficient (Wildman–Crippen LogP) is 3.12. The standard InChI is InChI=1S/C17H17ClN6O2/c1-3-12-9-15(25)22-16(19-12)24-14(8-10(2)23-24)21-17(26)20-13-6-4-11(18)5-7-13/h4-9H,3H2,1-2H3,(H,19,22,25)(H2,20,21,26). The average Bonchev–Trinajstić information content (AvgIpc) is 2.96. The molecule has 3 N–H and O–H groups in total.